The standard InChI is InChI=1S/C33H35NO7/c1-34-32(38)27-17-23(20-40-24-10-6-3-7-11-24)30(28(19-36)31(27)33(34)39)29(37)15-12-22(21-8-4-2-5-9-21)16-25-13-14-26(18-35)41-25/h2-11,13-14,16,27-29,31,35-37H,12,15,17-20H2,1H3/b22-16-/t27-,28+,29-,31-/m1/s1. The first-order chi connectivity index (χ1) is 19.9. The van der Waals surface area contributed by atoms with Crippen LogP contribution in [0.25, 0.3) is 11.6 Å². The Morgan fingerprint density at radius 2 is 1.73 bits per heavy atom. The molecule has 1 aromatic heterocycles. The Kier molecular flexibility index (Phi) is 8.83. The fourth-order valence-electron chi connectivity index (χ4n) is 6.07. The van der Waals surface area contributed by atoms with Crippen molar-refractivity contribution in [2.24, 2.45) is 17.8 Å². The average Bonchev–Trinajstić information content (AvgIpc) is 3.56. The first-order valence-electron chi connectivity index (χ1n) is 13.9. The number of carbonyl (C=O) groups excluding carboxylic acids is 2. The van der Waals surface area contributed by atoms with Crippen LogP contribution in [0.1, 0.15) is 36.3 Å². The van der Waals surface area contributed by atoms with E-state index in [9.17, 15) is 24.9 Å². The maximum Gasteiger partial charge on any atom is 0.233 e. The van der Waals surface area contributed by atoms with Gasteiger partial charge in [-0.3, -0.25) is 14.5 Å². The van der Waals surface area contributed by atoms with Gasteiger partial charge in [0.1, 0.15) is 30.5 Å². The van der Waals surface area contributed by atoms with E-state index in [0.717, 1.165) is 21.6 Å². The molecule has 1 aliphatic heterocycles. The minimum atomic E-state index is -0.979. The molecule has 41 heavy (non-hydrogen) atoms. The Hall–Kier alpha value is -3.98. The molecule has 1 saturated heterocycles. The van der Waals surface area contributed by atoms with E-state index in [0.29, 0.717) is 35.7 Å². The molecule has 2 aromatic carbocycles. The van der Waals surface area contributed by atoms with Gasteiger partial charge in [-0.15, -0.1) is 0 Å². The van der Waals surface area contributed by atoms with E-state index in [1.54, 1.807) is 12.1 Å². The van der Waals surface area contributed by atoms with Crippen LogP contribution in [0, 0.1) is 17.8 Å². The number of para-hydroxylation sites is 1. The molecule has 3 aromatic rings. The number of furan rings is 1. The number of aliphatic hydroxyl groups excluding tert-OH is 3. The minimum absolute atomic E-state index is 0.138. The number of aliphatic hydroxyl groups is 3. The van der Waals surface area contributed by atoms with Gasteiger partial charge >= 0.3 is 0 Å². The number of fused-ring (bicyclic) bond motifs is 1. The van der Waals surface area contributed by atoms with Crippen LogP contribution >= 0.6 is 0 Å². The number of nitrogens with zero attached hydrogens (tertiary/aromatic N) is 1. The third-order valence-electron chi connectivity index (χ3n) is 8.10. The number of carbonyl (C=O) groups is 2. The third kappa shape index (κ3) is 6.05. The molecule has 2 aliphatic rings. The lowest BCUT2D eigenvalue weighted by atomic mass is 9.68. The highest BCUT2D eigenvalue weighted by molar-refractivity contribution is 6.05. The number of hydrogen-bond acceptors (Lipinski definition) is 7. The van der Waals surface area contributed by atoms with Crippen molar-refractivity contribution in [1.29, 1.82) is 0 Å². The molecular weight excluding hydrogens is 522 g/mol. The van der Waals surface area contributed by atoms with Crippen molar-refractivity contribution in [3.05, 3.63) is 101 Å². The molecule has 8 nitrogen and oxygen atoms in total. The van der Waals surface area contributed by atoms with Crippen molar-refractivity contribution in [1.82, 2.24) is 4.90 Å². The van der Waals surface area contributed by atoms with Gasteiger partial charge in [-0.2, -0.15) is 0 Å². The van der Waals surface area contributed by atoms with Crippen LogP contribution in [0.15, 0.2) is 88.4 Å². The van der Waals surface area contributed by atoms with Crippen LogP contribution in [-0.4, -0.2) is 58.4 Å². The summed E-state index contributed by atoms with van der Waals surface area (Å²) >= 11 is 0. The Labute approximate surface area is 239 Å². The highest BCUT2D eigenvalue weighted by Gasteiger charge is 2.53. The molecule has 4 atom stereocenters. The number of imide groups is 1. The average molecular weight is 558 g/mol. The van der Waals surface area contributed by atoms with E-state index in [1.807, 2.05) is 66.7 Å². The third-order valence-corrected chi connectivity index (χ3v) is 8.10. The second-order valence-corrected chi connectivity index (χ2v) is 10.6. The van der Waals surface area contributed by atoms with E-state index < -0.39 is 23.9 Å². The summed E-state index contributed by atoms with van der Waals surface area (Å²) < 4.78 is 11.7. The molecule has 214 valence electrons. The molecule has 2 heterocycles. The normalized spacial score (nSPS) is 21.8. The topological polar surface area (TPSA) is 120 Å². The second kappa shape index (κ2) is 12.7. The highest BCUT2D eigenvalue weighted by Crippen LogP contribution is 2.46. The smallest absolute Gasteiger partial charge is 0.233 e. The summed E-state index contributed by atoms with van der Waals surface area (Å²) in [6, 6.07) is 22.5. The number of ether oxygens (including phenoxy) is 1. The lowest BCUT2D eigenvalue weighted by molar-refractivity contribution is -0.138. The van der Waals surface area contributed by atoms with Crippen molar-refractivity contribution in [3.8, 4) is 5.75 Å². The molecule has 2 amide bonds. The monoisotopic (exact) mass is 557 g/mol. The van der Waals surface area contributed by atoms with Gasteiger partial charge in [-0.25, -0.2) is 0 Å². The maximum absolute atomic E-state index is 13.1. The van der Waals surface area contributed by atoms with Crippen molar-refractivity contribution in [2.75, 3.05) is 20.3 Å². The molecule has 5 rings (SSSR count). The van der Waals surface area contributed by atoms with Crippen LogP contribution in [-0.2, 0) is 16.2 Å². The van der Waals surface area contributed by atoms with Crippen LogP contribution in [0.4, 0.5) is 0 Å². The van der Waals surface area contributed by atoms with Gasteiger partial charge in [0.15, 0.2) is 0 Å². The van der Waals surface area contributed by atoms with Crippen molar-refractivity contribution in [2.45, 2.75) is 32.0 Å². The minimum Gasteiger partial charge on any atom is -0.489 e. The first-order valence-corrected chi connectivity index (χ1v) is 13.9. The Bertz CT molecular complexity index is 1430. The summed E-state index contributed by atoms with van der Waals surface area (Å²) in [6.45, 7) is -0.428. The zero-order valence-electron chi connectivity index (χ0n) is 23.0. The van der Waals surface area contributed by atoms with E-state index in [1.165, 1.54) is 7.05 Å². The van der Waals surface area contributed by atoms with Crippen LogP contribution in [0.5, 0.6) is 5.75 Å². The van der Waals surface area contributed by atoms with Crippen molar-refractivity contribution >= 4 is 23.5 Å². The van der Waals surface area contributed by atoms with E-state index in [2.05, 4.69) is 0 Å². The summed E-state index contributed by atoms with van der Waals surface area (Å²) in [6.07, 6.45) is 1.98. The molecular formula is C33H35NO7. The van der Waals surface area contributed by atoms with Gasteiger partial charge in [-0.1, -0.05) is 48.5 Å². The zero-order valence-corrected chi connectivity index (χ0v) is 23.0. The van der Waals surface area contributed by atoms with Crippen molar-refractivity contribution in [3.63, 3.8) is 0 Å². The van der Waals surface area contributed by atoms with Crippen molar-refractivity contribution < 1.29 is 34.1 Å². The van der Waals surface area contributed by atoms with Crippen LogP contribution in [0.3, 0.4) is 0 Å². The van der Waals surface area contributed by atoms with Crippen LogP contribution < -0.4 is 4.74 Å². The number of rotatable bonds is 11. The molecule has 1 fully saturated rings. The Balaban J connectivity index is 1.45. The lowest BCUT2D eigenvalue weighted by Crippen LogP contribution is -2.39. The number of allylic oxidation sites excluding steroid dienone is 1. The van der Waals surface area contributed by atoms with E-state index >= 15 is 0 Å². The number of benzene rings is 2. The molecule has 0 bridgehead atoms. The fourth-order valence-corrected chi connectivity index (χ4v) is 6.07. The molecule has 0 unspecified atom stereocenters. The van der Waals surface area contributed by atoms with E-state index in [-0.39, 0.29) is 38.1 Å². The predicted octanol–water partition coefficient (Wildman–Crippen LogP) is 4.07. The van der Waals surface area contributed by atoms with Crippen LogP contribution in [0.2, 0.25) is 0 Å². The van der Waals surface area contributed by atoms with E-state index in [4.69, 9.17) is 9.15 Å². The molecule has 0 radical (unpaired) electrons. The first kappa shape index (κ1) is 28.5. The van der Waals surface area contributed by atoms with Gasteiger partial charge in [0.05, 0.1) is 24.5 Å². The van der Waals surface area contributed by atoms with Gasteiger partial charge in [0.25, 0.3) is 0 Å². The second-order valence-electron chi connectivity index (χ2n) is 10.6. The molecule has 1 aliphatic carbocycles. The zero-order chi connectivity index (χ0) is 28.9. The summed E-state index contributed by atoms with van der Waals surface area (Å²) in [5, 5.41) is 31.6. The quantitative estimate of drug-likeness (QED) is 0.240. The molecule has 0 spiro atoms. The number of hydrogen-bond donors (Lipinski definition) is 3. The maximum atomic E-state index is 13.1. The molecule has 3 N–H and O–H groups in total. The summed E-state index contributed by atoms with van der Waals surface area (Å²) in [7, 11) is 1.47. The molecule has 8 heteroatoms. The molecule has 0 saturated carbocycles. The Morgan fingerprint density at radius 1 is 1.02 bits per heavy atom. The summed E-state index contributed by atoms with van der Waals surface area (Å²) in [5.74, 6) is -0.890. The summed E-state index contributed by atoms with van der Waals surface area (Å²) in [4.78, 5) is 27.2. The van der Waals surface area contributed by atoms with Gasteiger partial charge < -0.3 is 24.5 Å². The van der Waals surface area contributed by atoms with Gasteiger partial charge in [-0.05, 0) is 71.9 Å². The lowest BCUT2D eigenvalue weighted by Gasteiger charge is -2.36. The Morgan fingerprint density at radius 3 is 2.39 bits per heavy atom. The predicted molar refractivity (Wildman–Crippen MR) is 153 cm³/mol. The number of likely N-dealkylation sites (tertiary alicyclic amines) is 1. The number of amides is 2. The van der Waals surface area contributed by atoms with Gasteiger partial charge in [0.2, 0.25) is 11.8 Å². The summed E-state index contributed by atoms with van der Waals surface area (Å²) in [5.41, 5.74) is 3.20. The fraction of sp³-hybridized carbons (Fsp3) is 0.333. The largest absolute Gasteiger partial charge is 0.489 e. The van der Waals surface area contributed by atoms with Gasteiger partial charge in [0, 0.05) is 13.0 Å². The highest BCUT2D eigenvalue weighted by atomic mass is 16.5. The SMILES string of the molecule is CN1C(=O)[C@@H]2[C@@H](CC(COc3ccccc3)=C([C@H](O)CC/C(=C/c3ccc(CO)o3)c3ccccc3)[C@@H]2CO)C1=O.